The lowest BCUT2D eigenvalue weighted by Gasteiger charge is -2.28. The molecule has 48 heavy (non-hydrogen) atoms. The Bertz CT molecular complexity index is 1720. The van der Waals surface area contributed by atoms with Crippen LogP contribution < -0.4 is 35.0 Å². The fraction of sp³-hybridized carbons (Fsp3) is 0.265. The Hall–Kier alpha value is -6.05. The van der Waals surface area contributed by atoms with E-state index in [1.807, 2.05) is 6.92 Å². The number of benzene rings is 3. The number of methoxy groups -OCH3 is 1. The lowest BCUT2D eigenvalue weighted by atomic mass is 9.95. The van der Waals surface area contributed by atoms with Crippen LogP contribution in [0.2, 0.25) is 0 Å². The first kappa shape index (κ1) is 34.8. The molecular weight excluding hydrogens is 624 g/mol. The van der Waals surface area contributed by atoms with E-state index in [-0.39, 0.29) is 42.5 Å². The SMILES string of the molecule is CCOC(=O)C1=C(C)NC(=O)N[C@@H]1c1ccc(OCC(=O)N/N=C\c2ccc(OCc3ccc(C(=O)O)cc3)c(OCC)c2)c(OC)c1. The van der Waals surface area contributed by atoms with Crippen LogP contribution in [0, 0.1) is 0 Å². The number of esters is 1. The number of amides is 3. The van der Waals surface area contributed by atoms with Gasteiger partial charge in [0.2, 0.25) is 0 Å². The molecule has 0 spiro atoms. The minimum atomic E-state index is -1.00. The molecule has 0 radical (unpaired) electrons. The van der Waals surface area contributed by atoms with Gasteiger partial charge in [-0.25, -0.2) is 19.8 Å². The zero-order valence-corrected chi connectivity index (χ0v) is 26.8. The van der Waals surface area contributed by atoms with Gasteiger partial charge in [-0.3, -0.25) is 4.79 Å². The Kier molecular flexibility index (Phi) is 12.0. The van der Waals surface area contributed by atoms with Crippen molar-refractivity contribution in [2.24, 2.45) is 5.10 Å². The number of hydrogen-bond donors (Lipinski definition) is 4. The van der Waals surface area contributed by atoms with E-state index in [2.05, 4.69) is 21.2 Å². The van der Waals surface area contributed by atoms with E-state index in [0.29, 0.717) is 34.9 Å². The number of hydrogen-bond acceptors (Lipinski definition) is 10. The predicted octanol–water partition coefficient (Wildman–Crippen LogP) is 4.09. The average Bonchev–Trinajstić information content (AvgIpc) is 3.07. The number of nitrogens with zero attached hydrogens (tertiary/aromatic N) is 1. The van der Waals surface area contributed by atoms with E-state index in [9.17, 15) is 19.2 Å². The van der Waals surface area contributed by atoms with Crippen molar-refractivity contribution in [3.8, 4) is 23.0 Å². The number of nitrogens with one attached hydrogen (secondary N) is 3. The van der Waals surface area contributed by atoms with Gasteiger partial charge < -0.3 is 39.4 Å². The molecule has 3 amide bonds. The Morgan fingerprint density at radius 2 is 1.65 bits per heavy atom. The topological polar surface area (TPSA) is 183 Å². The lowest BCUT2D eigenvalue weighted by molar-refractivity contribution is -0.139. The van der Waals surface area contributed by atoms with Gasteiger partial charge in [0.25, 0.3) is 5.91 Å². The third-order valence-corrected chi connectivity index (χ3v) is 6.91. The van der Waals surface area contributed by atoms with Gasteiger partial charge in [0.15, 0.2) is 29.6 Å². The summed E-state index contributed by atoms with van der Waals surface area (Å²) in [4.78, 5) is 48.4. The molecule has 0 saturated heterocycles. The molecule has 3 aromatic carbocycles. The number of allylic oxidation sites excluding steroid dienone is 1. The molecule has 0 bridgehead atoms. The van der Waals surface area contributed by atoms with Crippen LogP contribution in [-0.2, 0) is 20.9 Å². The minimum absolute atomic E-state index is 0.170. The van der Waals surface area contributed by atoms with Crippen LogP contribution in [0.3, 0.4) is 0 Å². The van der Waals surface area contributed by atoms with Crippen molar-refractivity contribution in [1.29, 1.82) is 0 Å². The fourth-order valence-electron chi connectivity index (χ4n) is 4.66. The predicted molar refractivity (Wildman–Crippen MR) is 173 cm³/mol. The molecule has 0 aliphatic carbocycles. The number of carboxylic acids is 1. The lowest BCUT2D eigenvalue weighted by Crippen LogP contribution is -2.45. The molecule has 1 aliphatic heterocycles. The van der Waals surface area contributed by atoms with Crippen LogP contribution in [0.5, 0.6) is 23.0 Å². The molecule has 0 unspecified atom stereocenters. The second kappa shape index (κ2) is 16.5. The van der Waals surface area contributed by atoms with Crippen molar-refractivity contribution >= 4 is 30.1 Å². The average molecular weight is 661 g/mol. The van der Waals surface area contributed by atoms with Crippen molar-refractivity contribution in [3.05, 3.63) is 94.2 Å². The summed E-state index contributed by atoms with van der Waals surface area (Å²) in [7, 11) is 1.43. The summed E-state index contributed by atoms with van der Waals surface area (Å²) in [5.41, 5.74) is 5.19. The van der Waals surface area contributed by atoms with Crippen LogP contribution >= 0.6 is 0 Å². The smallest absolute Gasteiger partial charge is 0.338 e. The van der Waals surface area contributed by atoms with E-state index >= 15 is 0 Å². The quantitative estimate of drug-likeness (QED) is 0.105. The number of hydrazone groups is 1. The van der Waals surface area contributed by atoms with Crippen molar-refractivity contribution in [2.75, 3.05) is 26.9 Å². The van der Waals surface area contributed by atoms with Crippen molar-refractivity contribution in [3.63, 3.8) is 0 Å². The maximum Gasteiger partial charge on any atom is 0.338 e. The van der Waals surface area contributed by atoms with Crippen LogP contribution in [0.15, 0.2) is 77.0 Å². The molecule has 0 saturated carbocycles. The van der Waals surface area contributed by atoms with E-state index < -0.39 is 29.9 Å². The number of urea groups is 1. The number of carbonyl (C=O) groups is 4. The second-order valence-corrected chi connectivity index (χ2v) is 10.2. The summed E-state index contributed by atoms with van der Waals surface area (Å²) in [6.45, 7) is 5.52. The molecule has 14 heteroatoms. The summed E-state index contributed by atoms with van der Waals surface area (Å²) in [5, 5.41) is 18.4. The van der Waals surface area contributed by atoms with Crippen molar-refractivity contribution < 1.29 is 48.0 Å². The Labute approximate surface area is 276 Å². The third kappa shape index (κ3) is 9.02. The van der Waals surface area contributed by atoms with Crippen LogP contribution in [0.25, 0.3) is 0 Å². The molecular formula is C34H36N4O10. The highest BCUT2D eigenvalue weighted by Crippen LogP contribution is 2.35. The first-order chi connectivity index (χ1) is 23.1. The van der Waals surface area contributed by atoms with Gasteiger partial charge in [0.05, 0.1) is 43.7 Å². The summed E-state index contributed by atoms with van der Waals surface area (Å²) < 4.78 is 27.9. The third-order valence-electron chi connectivity index (χ3n) is 6.91. The molecule has 1 atom stereocenters. The van der Waals surface area contributed by atoms with Gasteiger partial charge in [0, 0.05) is 5.70 Å². The first-order valence-corrected chi connectivity index (χ1v) is 14.9. The summed E-state index contributed by atoms with van der Waals surface area (Å²) in [5.74, 6) is -0.610. The van der Waals surface area contributed by atoms with E-state index in [0.717, 1.165) is 5.56 Å². The van der Waals surface area contributed by atoms with Crippen LogP contribution in [-0.4, -0.2) is 62.1 Å². The van der Waals surface area contributed by atoms with Crippen LogP contribution in [0.4, 0.5) is 4.79 Å². The Morgan fingerprint density at radius 3 is 2.33 bits per heavy atom. The normalized spacial score (nSPS) is 14.1. The highest BCUT2D eigenvalue weighted by atomic mass is 16.5. The van der Waals surface area contributed by atoms with E-state index in [4.69, 9.17) is 28.8 Å². The molecule has 4 N–H and O–H groups in total. The summed E-state index contributed by atoms with van der Waals surface area (Å²) in [6, 6.07) is 15.1. The Balaban J connectivity index is 1.35. The highest BCUT2D eigenvalue weighted by molar-refractivity contribution is 5.95. The van der Waals surface area contributed by atoms with Gasteiger partial charge in [0.1, 0.15) is 6.61 Å². The zero-order chi connectivity index (χ0) is 34.6. The second-order valence-electron chi connectivity index (χ2n) is 10.2. The van der Waals surface area contributed by atoms with Crippen molar-refractivity contribution in [1.82, 2.24) is 16.1 Å². The van der Waals surface area contributed by atoms with Gasteiger partial charge in [-0.05, 0) is 79.9 Å². The molecule has 0 fully saturated rings. The number of carboxylic acid groups (broad SMARTS) is 1. The van der Waals surface area contributed by atoms with Gasteiger partial charge >= 0.3 is 18.0 Å². The van der Waals surface area contributed by atoms with Gasteiger partial charge in [-0.15, -0.1) is 0 Å². The largest absolute Gasteiger partial charge is 0.493 e. The highest BCUT2D eigenvalue weighted by Gasteiger charge is 2.32. The molecule has 0 aromatic heterocycles. The molecule has 3 aromatic rings. The molecule has 1 aliphatic rings. The van der Waals surface area contributed by atoms with Crippen LogP contribution in [0.1, 0.15) is 53.9 Å². The van der Waals surface area contributed by atoms with Gasteiger partial charge in [-0.1, -0.05) is 18.2 Å². The molecule has 14 nitrogen and oxygen atoms in total. The first-order valence-electron chi connectivity index (χ1n) is 14.9. The fourth-order valence-corrected chi connectivity index (χ4v) is 4.66. The van der Waals surface area contributed by atoms with Gasteiger partial charge in [-0.2, -0.15) is 5.10 Å². The molecule has 4 rings (SSSR count). The maximum absolute atomic E-state index is 12.6. The summed E-state index contributed by atoms with van der Waals surface area (Å²) >= 11 is 0. The number of ether oxygens (including phenoxy) is 5. The zero-order valence-electron chi connectivity index (χ0n) is 26.8. The van der Waals surface area contributed by atoms with E-state index in [1.54, 1.807) is 62.4 Å². The molecule has 252 valence electrons. The number of rotatable bonds is 15. The van der Waals surface area contributed by atoms with Crippen molar-refractivity contribution in [2.45, 2.75) is 33.4 Å². The summed E-state index contributed by atoms with van der Waals surface area (Å²) in [6.07, 6.45) is 1.44. The number of carbonyl (C=O) groups excluding carboxylic acids is 3. The number of aromatic carboxylic acids is 1. The minimum Gasteiger partial charge on any atom is -0.493 e. The van der Waals surface area contributed by atoms with E-state index in [1.165, 1.54) is 25.5 Å². The maximum atomic E-state index is 12.6. The molecule has 1 heterocycles. The Morgan fingerprint density at radius 1 is 0.917 bits per heavy atom. The standard InChI is InChI=1S/C34H36N4O10/c1-5-45-28-15-22(9-13-26(28)47-18-21-7-10-23(11-8-21)32(40)41)17-35-38-29(39)19-48-25-14-12-24(16-27(25)44-4)31-30(33(42)46-6-2)20(3)36-34(43)37-31/h7-17,31H,5-6,18-19H2,1-4H3,(H,38,39)(H,40,41)(H2,36,37,43)/b35-17-/t31-/m1/s1. The monoisotopic (exact) mass is 660 g/mol.